The number of aryl methyl sites for hydroxylation is 1. The van der Waals surface area contributed by atoms with Crippen LogP contribution in [-0.2, 0) is 20.6 Å². The summed E-state index contributed by atoms with van der Waals surface area (Å²) in [5, 5.41) is 2.95. The van der Waals surface area contributed by atoms with Crippen LogP contribution in [0.1, 0.15) is 29.7 Å². The lowest BCUT2D eigenvalue weighted by atomic mass is 10.1. The van der Waals surface area contributed by atoms with Crippen LogP contribution in [-0.4, -0.2) is 27.0 Å². The van der Waals surface area contributed by atoms with E-state index in [2.05, 4.69) is 5.32 Å². The number of ether oxygens (including phenoxy) is 1. The fraction of sp³-hybridized carbons (Fsp3) is 0.240. The molecule has 1 aliphatic rings. The molecule has 1 aliphatic heterocycles. The maximum absolute atomic E-state index is 13.3. The van der Waals surface area contributed by atoms with Gasteiger partial charge in [-0.1, -0.05) is 72.3 Å². The lowest BCUT2D eigenvalue weighted by molar-refractivity contribution is -0.128. The first kappa shape index (κ1) is 21.9. The van der Waals surface area contributed by atoms with E-state index in [-0.39, 0.29) is 24.2 Å². The van der Waals surface area contributed by atoms with Gasteiger partial charge in [-0.2, -0.15) is 0 Å². The number of carbonyl (C=O) groups excluding carboxylic acids is 1. The standard InChI is InChI=1S/C25H26N2O4S/c1-18-12-14-21(15-13-18)19(2)26-25(28)24-16-27(22-10-6-7-11-23(22)31-24)32(29,30)17-20-8-4-3-5-9-20/h3-15,19,24H,16-17H2,1-2H3,(H,26,28)/t19-,24+/m1/s1. The number of nitrogens with zero attached hydrogens (tertiary/aromatic N) is 1. The Labute approximate surface area is 188 Å². The maximum atomic E-state index is 13.3. The van der Waals surface area contributed by atoms with Crippen LogP contribution in [0, 0.1) is 6.92 Å². The molecule has 0 spiro atoms. The van der Waals surface area contributed by atoms with Crippen LogP contribution in [0.15, 0.2) is 78.9 Å². The van der Waals surface area contributed by atoms with Gasteiger partial charge in [0, 0.05) is 0 Å². The van der Waals surface area contributed by atoms with E-state index >= 15 is 0 Å². The van der Waals surface area contributed by atoms with Gasteiger partial charge in [0.25, 0.3) is 5.91 Å². The topological polar surface area (TPSA) is 75.7 Å². The Hall–Kier alpha value is -3.32. The van der Waals surface area contributed by atoms with Gasteiger partial charge < -0.3 is 10.1 Å². The van der Waals surface area contributed by atoms with Gasteiger partial charge in [-0.3, -0.25) is 9.10 Å². The molecule has 0 fully saturated rings. The van der Waals surface area contributed by atoms with Gasteiger partial charge >= 0.3 is 0 Å². The van der Waals surface area contributed by atoms with Crippen molar-refractivity contribution in [2.75, 3.05) is 10.8 Å². The number of carbonyl (C=O) groups is 1. The highest BCUT2D eigenvalue weighted by molar-refractivity contribution is 7.92. The lowest BCUT2D eigenvalue weighted by Gasteiger charge is -2.35. The minimum absolute atomic E-state index is 0.0847. The number of sulfonamides is 1. The van der Waals surface area contributed by atoms with Gasteiger partial charge in [-0.05, 0) is 37.1 Å². The van der Waals surface area contributed by atoms with Crippen LogP contribution in [0.5, 0.6) is 5.75 Å². The molecule has 0 bridgehead atoms. The van der Waals surface area contributed by atoms with Crippen LogP contribution < -0.4 is 14.4 Å². The highest BCUT2D eigenvalue weighted by Crippen LogP contribution is 2.36. The van der Waals surface area contributed by atoms with E-state index in [1.165, 1.54) is 4.31 Å². The summed E-state index contributed by atoms with van der Waals surface area (Å²) in [5.41, 5.74) is 3.23. The van der Waals surface area contributed by atoms with E-state index in [0.29, 0.717) is 17.0 Å². The Morgan fingerprint density at radius 1 is 1.03 bits per heavy atom. The quantitative estimate of drug-likeness (QED) is 0.617. The molecule has 6 nitrogen and oxygen atoms in total. The van der Waals surface area contributed by atoms with Crippen LogP contribution in [0.3, 0.4) is 0 Å². The first-order valence-electron chi connectivity index (χ1n) is 10.5. The van der Waals surface area contributed by atoms with Gasteiger partial charge in [0.1, 0.15) is 5.75 Å². The molecule has 0 saturated heterocycles. The third-order valence-electron chi connectivity index (χ3n) is 5.49. The Bertz CT molecular complexity index is 1190. The van der Waals surface area contributed by atoms with Gasteiger partial charge in [0.05, 0.1) is 24.0 Å². The van der Waals surface area contributed by atoms with Gasteiger partial charge in [0.15, 0.2) is 6.10 Å². The SMILES string of the molecule is Cc1ccc([C@@H](C)NC(=O)[C@@H]2CN(S(=O)(=O)Cc3ccccc3)c3ccccc3O2)cc1. The Balaban J connectivity index is 1.56. The number of hydrogen-bond donors (Lipinski definition) is 1. The predicted molar refractivity (Wildman–Crippen MR) is 125 cm³/mol. The van der Waals surface area contributed by atoms with Crippen molar-refractivity contribution in [3.63, 3.8) is 0 Å². The Morgan fingerprint density at radius 2 is 1.69 bits per heavy atom. The molecule has 0 aliphatic carbocycles. The minimum Gasteiger partial charge on any atom is -0.476 e. The molecular weight excluding hydrogens is 424 g/mol. The largest absolute Gasteiger partial charge is 0.476 e. The van der Waals surface area contributed by atoms with Crippen molar-refractivity contribution in [2.24, 2.45) is 0 Å². The molecular formula is C25H26N2O4S. The number of rotatable bonds is 6. The fourth-order valence-electron chi connectivity index (χ4n) is 3.71. The molecule has 1 N–H and O–H groups in total. The molecule has 0 unspecified atom stereocenters. The zero-order valence-electron chi connectivity index (χ0n) is 18.1. The number of anilines is 1. The molecule has 4 rings (SSSR count). The van der Waals surface area contributed by atoms with Crippen molar-refractivity contribution >= 4 is 21.6 Å². The minimum atomic E-state index is -3.73. The van der Waals surface area contributed by atoms with E-state index in [1.54, 1.807) is 48.5 Å². The number of hydrogen-bond acceptors (Lipinski definition) is 4. The Kier molecular flexibility index (Phi) is 6.19. The molecule has 7 heteroatoms. The number of fused-ring (bicyclic) bond motifs is 1. The van der Waals surface area contributed by atoms with E-state index in [1.807, 2.05) is 44.2 Å². The normalized spacial score (nSPS) is 16.6. The number of amides is 1. The summed E-state index contributed by atoms with van der Waals surface area (Å²) in [6, 6.07) is 23.6. The summed E-state index contributed by atoms with van der Waals surface area (Å²) in [4.78, 5) is 13.0. The monoisotopic (exact) mass is 450 g/mol. The summed E-state index contributed by atoms with van der Waals surface area (Å²) in [7, 11) is -3.73. The molecule has 32 heavy (non-hydrogen) atoms. The summed E-state index contributed by atoms with van der Waals surface area (Å²) in [6.07, 6.45) is -0.955. The predicted octanol–water partition coefficient (Wildman–Crippen LogP) is 3.97. The molecule has 0 radical (unpaired) electrons. The molecule has 1 heterocycles. The van der Waals surface area contributed by atoms with Crippen molar-refractivity contribution in [1.82, 2.24) is 5.32 Å². The van der Waals surface area contributed by atoms with Crippen molar-refractivity contribution in [2.45, 2.75) is 31.7 Å². The Morgan fingerprint density at radius 3 is 2.41 bits per heavy atom. The maximum Gasteiger partial charge on any atom is 0.263 e. The summed E-state index contributed by atoms with van der Waals surface area (Å²) in [5.74, 6) is -0.137. The second-order valence-corrected chi connectivity index (χ2v) is 9.88. The highest BCUT2D eigenvalue weighted by atomic mass is 32.2. The first-order valence-corrected chi connectivity index (χ1v) is 12.1. The second kappa shape index (κ2) is 9.04. The molecule has 0 saturated carbocycles. The molecule has 166 valence electrons. The first-order chi connectivity index (χ1) is 15.3. The summed E-state index contributed by atoms with van der Waals surface area (Å²) >= 11 is 0. The van der Waals surface area contributed by atoms with Gasteiger partial charge in [-0.25, -0.2) is 8.42 Å². The molecule has 3 aromatic carbocycles. The lowest BCUT2D eigenvalue weighted by Crippen LogP contribution is -2.51. The van der Waals surface area contributed by atoms with Crippen LogP contribution in [0.4, 0.5) is 5.69 Å². The second-order valence-electron chi connectivity index (χ2n) is 7.99. The van der Waals surface area contributed by atoms with E-state index in [4.69, 9.17) is 4.74 Å². The third kappa shape index (κ3) is 4.78. The fourth-order valence-corrected chi connectivity index (χ4v) is 5.29. The van der Waals surface area contributed by atoms with Crippen LogP contribution >= 0.6 is 0 Å². The van der Waals surface area contributed by atoms with Crippen molar-refractivity contribution in [3.8, 4) is 5.75 Å². The van der Waals surface area contributed by atoms with E-state index in [9.17, 15) is 13.2 Å². The van der Waals surface area contributed by atoms with Crippen molar-refractivity contribution in [1.29, 1.82) is 0 Å². The zero-order valence-corrected chi connectivity index (χ0v) is 18.9. The third-order valence-corrected chi connectivity index (χ3v) is 7.21. The average Bonchev–Trinajstić information content (AvgIpc) is 2.79. The van der Waals surface area contributed by atoms with Crippen LogP contribution in [0.2, 0.25) is 0 Å². The number of benzene rings is 3. The van der Waals surface area contributed by atoms with Gasteiger partial charge in [0.2, 0.25) is 10.0 Å². The summed E-state index contributed by atoms with van der Waals surface area (Å²) < 4.78 is 33.8. The van der Waals surface area contributed by atoms with Crippen molar-refractivity contribution in [3.05, 3.63) is 95.6 Å². The molecule has 0 aromatic heterocycles. The zero-order chi connectivity index (χ0) is 22.7. The summed E-state index contributed by atoms with van der Waals surface area (Å²) in [6.45, 7) is 3.81. The van der Waals surface area contributed by atoms with E-state index in [0.717, 1.165) is 11.1 Å². The van der Waals surface area contributed by atoms with Gasteiger partial charge in [-0.15, -0.1) is 0 Å². The highest BCUT2D eigenvalue weighted by Gasteiger charge is 2.37. The van der Waals surface area contributed by atoms with Crippen LogP contribution in [0.25, 0.3) is 0 Å². The number of para-hydroxylation sites is 2. The van der Waals surface area contributed by atoms with Crippen molar-refractivity contribution < 1.29 is 17.9 Å². The molecule has 2 atom stereocenters. The average molecular weight is 451 g/mol. The smallest absolute Gasteiger partial charge is 0.263 e. The number of nitrogens with one attached hydrogen (secondary N) is 1. The molecule has 1 amide bonds. The molecule has 3 aromatic rings. The van der Waals surface area contributed by atoms with E-state index < -0.39 is 16.1 Å².